The van der Waals surface area contributed by atoms with Gasteiger partial charge in [-0.2, -0.15) is 0 Å². The van der Waals surface area contributed by atoms with Crippen molar-refractivity contribution < 1.29 is 8.42 Å². The van der Waals surface area contributed by atoms with Crippen LogP contribution in [0.1, 0.15) is 44.3 Å². The van der Waals surface area contributed by atoms with Crippen LogP contribution in [-0.4, -0.2) is 42.6 Å². The number of sulfone groups is 1. The van der Waals surface area contributed by atoms with E-state index in [2.05, 4.69) is 21.8 Å². The van der Waals surface area contributed by atoms with E-state index in [0.717, 1.165) is 38.8 Å². The van der Waals surface area contributed by atoms with Crippen molar-refractivity contribution in [3.05, 3.63) is 18.2 Å². The van der Waals surface area contributed by atoms with Crippen LogP contribution in [0.5, 0.6) is 0 Å². The Morgan fingerprint density at radius 3 is 2.60 bits per heavy atom. The highest BCUT2D eigenvalue weighted by Crippen LogP contribution is 2.36. The van der Waals surface area contributed by atoms with E-state index >= 15 is 0 Å². The second-order valence-corrected chi connectivity index (χ2v) is 8.68. The highest BCUT2D eigenvalue weighted by Gasteiger charge is 2.34. The molecule has 0 unspecified atom stereocenters. The third-order valence-electron chi connectivity index (χ3n) is 4.91. The van der Waals surface area contributed by atoms with Gasteiger partial charge in [0.1, 0.15) is 9.84 Å². The van der Waals surface area contributed by atoms with Crippen LogP contribution < -0.4 is 5.32 Å². The summed E-state index contributed by atoms with van der Waals surface area (Å²) in [4.78, 5) is 4.35. The van der Waals surface area contributed by atoms with E-state index in [1.165, 1.54) is 5.69 Å². The Labute approximate surface area is 120 Å². The molecule has 3 heterocycles. The quantitative estimate of drug-likeness (QED) is 0.893. The molecular formula is C14H23N3O2S. The number of aromatic nitrogens is 2. The molecule has 20 heavy (non-hydrogen) atoms. The van der Waals surface area contributed by atoms with E-state index in [0.29, 0.717) is 17.5 Å². The molecule has 0 bridgehead atoms. The van der Waals surface area contributed by atoms with Gasteiger partial charge in [0.05, 0.1) is 17.8 Å². The summed E-state index contributed by atoms with van der Waals surface area (Å²) in [6.45, 7) is 4.39. The SMILES string of the molecule is CC1(c2cncn2C2CCS(=O)(=O)CC2)CCNCC1. The Hall–Kier alpha value is -0.880. The van der Waals surface area contributed by atoms with Crippen molar-refractivity contribution in [3.63, 3.8) is 0 Å². The van der Waals surface area contributed by atoms with Crippen LogP contribution in [0.15, 0.2) is 12.5 Å². The predicted molar refractivity (Wildman–Crippen MR) is 78.6 cm³/mol. The first-order valence-electron chi connectivity index (χ1n) is 7.44. The summed E-state index contributed by atoms with van der Waals surface area (Å²) in [5, 5.41) is 3.40. The van der Waals surface area contributed by atoms with Gasteiger partial charge in [-0.1, -0.05) is 6.92 Å². The Morgan fingerprint density at radius 1 is 1.30 bits per heavy atom. The van der Waals surface area contributed by atoms with Crippen LogP contribution in [0.4, 0.5) is 0 Å². The van der Waals surface area contributed by atoms with Gasteiger partial charge in [0.25, 0.3) is 0 Å². The Morgan fingerprint density at radius 2 is 1.95 bits per heavy atom. The molecule has 0 aliphatic carbocycles. The second kappa shape index (κ2) is 5.15. The summed E-state index contributed by atoms with van der Waals surface area (Å²) in [5.41, 5.74) is 1.45. The molecule has 0 spiro atoms. The molecule has 112 valence electrons. The van der Waals surface area contributed by atoms with Gasteiger partial charge in [0, 0.05) is 23.3 Å². The van der Waals surface area contributed by atoms with Crippen molar-refractivity contribution in [1.82, 2.24) is 14.9 Å². The number of nitrogens with zero attached hydrogens (tertiary/aromatic N) is 2. The van der Waals surface area contributed by atoms with Crippen molar-refractivity contribution in [2.45, 2.75) is 44.1 Å². The number of nitrogens with one attached hydrogen (secondary N) is 1. The zero-order valence-corrected chi connectivity index (χ0v) is 12.8. The van der Waals surface area contributed by atoms with E-state index < -0.39 is 9.84 Å². The number of piperidine rings is 1. The van der Waals surface area contributed by atoms with Crippen molar-refractivity contribution in [1.29, 1.82) is 0 Å². The lowest BCUT2D eigenvalue weighted by Gasteiger charge is -2.36. The number of imidazole rings is 1. The van der Waals surface area contributed by atoms with E-state index in [-0.39, 0.29) is 5.41 Å². The van der Waals surface area contributed by atoms with Crippen LogP contribution >= 0.6 is 0 Å². The van der Waals surface area contributed by atoms with Gasteiger partial charge in [-0.15, -0.1) is 0 Å². The maximum atomic E-state index is 11.6. The molecule has 0 atom stereocenters. The van der Waals surface area contributed by atoms with Gasteiger partial charge in [-0.05, 0) is 38.8 Å². The van der Waals surface area contributed by atoms with E-state index in [9.17, 15) is 8.42 Å². The first kappa shape index (κ1) is 14.1. The van der Waals surface area contributed by atoms with Gasteiger partial charge in [0.2, 0.25) is 0 Å². The number of hydrogen-bond acceptors (Lipinski definition) is 4. The average molecular weight is 297 g/mol. The minimum absolute atomic E-state index is 0.165. The summed E-state index contributed by atoms with van der Waals surface area (Å²) in [5.74, 6) is 0.626. The van der Waals surface area contributed by atoms with E-state index in [1.54, 1.807) is 0 Å². The average Bonchev–Trinajstić information content (AvgIpc) is 2.89. The van der Waals surface area contributed by atoms with Crippen LogP contribution in [0.2, 0.25) is 0 Å². The molecule has 3 rings (SSSR count). The lowest BCUT2D eigenvalue weighted by atomic mass is 9.78. The standard InChI is InChI=1S/C14H23N3O2S/c1-14(4-6-15-7-5-14)13-10-16-11-17(13)12-2-8-20(18,19)9-3-12/h10-12,15H,2-9H2,1H3. The largest absolute Gasteiger partial charge is 0.331 e. The van der Waals surface area contributed by atoms with Crippen LogP contribution in [0.3, 0.4) is 0 Å². The minimum Gasteiger partial charge on any atom is -0.331 e. The molecule has 2 fully saturated rings. The van der Waals surface area contributed by atoms with Crippen LogP contribution in [0.25, 0.3) is 0 Å². The van der Waals surface area contributed by atoms with Crippen LogP contribution in [0, 0.1) is 0 Å². The predicted octanol–water partition coefficient (Wildman–Crippen LogP) is 1.27. The number of rotatable bonds is 2. The molecule has 2 aliphatic rings. The Bertz CT molecular complexity index is 559. The van der Waals surface area contributed by atoms with Gasteiger partial charge in [0.15, 0.2) is 0 Å². The van der Waals surface area contributed by atoms with Crippen molar-refractivity contribution in [2.24, 2.45) is 0 Å². The highest BCUT2D eigenvalue weighted by atomic mass is 32.2. The van der Waals surface area contributed by atoms with Crippen molar-refractivity contribution >= 4 is 9.84 Å². The number of hydrogen-bond donors (Lipinski definition) is 1. The highest BCUT2D eigenvalue weighted by molar-refractivity contribution is 7.91. The fraction of sp³-hybridized carbons (Fsp3) is 0.786. The normalized spacial score (nSPS) is 26.4. The van der Waals surface area contributed by atoms with E-state index in [4.69, 9.17) is 0 Å². The first-order valence-corrected chi connectivity index (χ1v) is 9.26. The summed E-state index contributed by atoms with van der Waals surface area (Å²) >= 11 is 0. The molecule has 1 aromatic rings. The fourth-order valence-corrected chi connectivity index (χ4v) is 4.92. The Kier molecular flexibility index (Phi) is 3.62. The fourth-order valence-electron chi connectivity index (χ4n) is 3.45. The van der Waals surface area contributed by atoms with Gasteiger partial charge >= 0.3 is 0 Å². The second-order valence-electron chi connectivity index (χ2n) is 6.38. The first-order chi connectivity index (χ1) is 9.50. The Balaban J connectivity index is 1.83. The molecule has 1 N–H and O–H groups in total. The maximum absolute atomic E-state index is 11.6. The summed E-state index contributed by atoms with van der Waals surface area (Å²) in [7, 11) is -2.80. The van der Waals surface area contributed by atoms with Crippen LogP contribution in [-0.2, 0) is 15.3 Å². The molecule has 1 aromatic heterocycles. The third-order valence-corrected chi connectivity index (χ3v) is 6.62. The van der Waals surface area contributed by atoms with Crippen molar-refractivity contribution in [3.8, 4) is 0 Å². The van der Waals surface area contributed by atoms with Crippen molar-refractivity contribution in [2.75, 3.05) is 24.6 Å². The minimum atomic E-state index is -2.80. The lowest BCUT2D eigenvalue weighted by molar-refractivity contribution is 0.303. The topological polar surface area (TPSA) is 64.0 Å². The molecule has 0 amide bonds. The molecular weight excluding hydrogens is 274 g/mol. The lowest BCUT2D eigenvalue weighted by Crippen LogP contribution is -2.39. The summed E-state index contributed by atoms with van der Waals surface area (Å²) in [6.07, 6.45) is 7.55. The van der Waals surface area contributed by atoms with E-state index in [1.807, 2.05) is 12.5 Å². The molecule has 0 radical (unpaired) electrons. The molecule has 0 aromatic carbocycles. The van der Waals surface area contributed by atoms with Gasteiger partial charge < -0.3 is 9.88 Å². The molecule has 2 saturated heterocycles. The zero-order chi connectivity index (χ0) is 14.2. The third kappa shape index (κ3) is 2.63. The molecule has 5 nitrogen and oxygen atoms in total. The molecule has 2 aliphatic heterocycles. The maximum Gasteiger partial charge on any atom is 0.150 e. The monoisotopic (exact) mass is 297 g/mol. The summed E-state index contributed by atoms with van der Waals surface area (Å²) in [6, 6.07) is 0.294. The molecule has 6 heteroatoms. The molecule has 0 saturated carbocycles. The smallest absolute Gasteiger partial charge is 0.150 e. The zero-order valence-electron chi connectivity index (χ0n) is 12.0. The van der Waals surface area contributed by atoms with Gasteiger partial charge in [-0.3, -0.25) is 0 Å². The summed E-state index contributed by atoms with van der Waals surface area (Å²) < 4.78 is 25.4. The van der Waals surface area contributed by atoms with Gasteiger partial charge in [-0.25, -0.2) is 13.4 Å².